The number of hydrogen-bond acceptors (Lipinski definition) is 7. The second-order valence-electron chi connectivity index (χ2n) is 5.57. The van der Waals surface area contributed by atoms with Crippen molar-refractivity contribution < 1.29 is 13.9 Å². The van der Waals surface area contributed by atoms with Gasteiger partial charge in [0.15, 0.2) is 4.34 Å². The molecule has 1 amide bonds. The lowest BCUT2D eigenvalue weighted by Crippen LogP contribution is -2.29. The van der Waals surface area contributed by atoms with Crippen LogP contribution in [0, 0.1) is 11.7 Å². The number of methoxy groups -OCH3 is 1. The number of amides is 1. The van der Waals surface area contributed by atoms with E-state index in [0.29, 0.717) is 28.3 Å². The third-order valence-corrected chi connectivity index (χ3v) is 5.70. The Morgan fingerprint density at radius 1 is 1.32 bits per heavy atom. The number of hydrogen-bond donors (Lipinski definition) is 2. The zero-order chi connectivity index (χ0) is 18.2. The van der Waals surface area contributed by atoms with Crippen LogP contribution >= 0.6 is 23.1 Å². The van der Waals surface area contributed by atoms with E-state index in [4.69, 9.17) is 4.74 Å². The van der Waals surface area contributed by atoms with E-state index in [1.54, 1.807) is 7.11 Å². The number of ether oxygens (including phenoxy) is 1. The molecule has 136 valence electrons. The van der Waals surface area contributed by atoms with E-state index >= 15 is 0 Å². The van der Waals surface area contributed by atoms with Crippen molar-refractivity contribution in [3.05, 3.63) is 30.1 Å². The van der Waals surface area contributed by atoms with Crippen LogP contribution in [0.2, 0.25) is 0 Å². The van der Waals surface area contributed by atoms with Crippen molar-refractivity contribution in [1.82, 2.24) is 10.2 Å². The van der Waals surface area contributed by atoms with E-state index in [9.17, 15) is 9.18 Å². The second kappa shape index (κ2) is 9.69. The Bertz CT molecular complexity index is 679. The van der Waals surface area contributed by atoms with E-state index in [1.165, 1.54) is 47.4 Å². The van der Waals surface area contributed by atoms with Gasteiger partial charge in [-0.3, -0.25) is 4.79 Å². The number of rotatable bonds is 9. The fraction of sp³-hybridized carbons (Fsp3) is 0.438. The molecule has 0 aliphatic carbocycles. The normalized spacial score (nSPS) is 12.2. The Morgan fingerprint density at radius 2 is 2.04 bits per heavy atom. The molecular formula is C16H21FN4O2S2. The molecule has 0 saturated heterocycles. The summed E-state index contributed by atoms with van der Waals surface area (Å²) >= 11 is 2.77. The first-order chi connectivity index (χ1) is 12.0. The third-order valence-electron chi connectivity index (χ3n) is 3.19. The summed E-state index contributed by atoms with van der Waals surface area (Å²) in [5.41, 5.74) is 0.567. The van der Waals surface area contributed by atoms with Crippen molar-refractivity contribution >= 4 is 39.8 Å². The van der Waals surface area contributed by atoms with Gasteiger partial charge in [0.1, 0.15) is 5.82 Å². The molecule has 0 aliphatic rings. The molecular weight excluding hydrogens is 363 g/mol. The standard InChI is InChI=1S/C16H21FN4O2S2/c1-10(2)13(14(22)19-12-6-4-11(17)5-7-12)24-16-21-20-15(25-16)18-8-9-23-3/h4-7,10,13H,8-9H2,1-3H3,(H,18,20)(H,19,22). The molecule has 2 N–H and O–H groups in total. The Kier molecular flexibility index (Phi) is 7.60. The summed E-state index contributed by atoms with van der Waals surface area (Å²) in [4.78, 5) is 12.6. The minimum absolute atomic E-state index is 0.0965. The first kappa shape index (κ1) is 19.6. The minimum Gasteiger partial charge on any atom is -0.383 e. The van der Waals surface area contributed by atoms with Gasteiger partial charge >= 0.3 is 0 Å². The van der Waals surface area contributed by atoms with Gasteiger partial charge in [0, 0.05) is 19.3 Å². The molecule has 0 spiro atoms. The molecule has 1 unspecified atom stereocenters. The van der Waals surface area contributed by atoms with Gasteiger partial charge in [-0.15, -0.1) is 10.2 Å². The molecule has 6 nitrogen and oxygen atoms in total. The molecule has 0 fully saturated rings. The van der Waals surface area contributed by atoms with Crippen molar-refractivity contribution in [3.63, 3.8) is 0 Å². The largest absolute Gasteiger partial charge is 0.383 e. The highest BCUT2D eigenvalue weighted by Gasteiger charge is 2.25. The SMILES string of the molecule is COCCNc1nnc(SC(C(=O)Nc2ccc(F)cc2)C(C)C)s1. The first-order valence-electron chi connectivity index (χ1n) is 7.79. The number of carbonyl (C=O) groups is 1. The van der Waals surface area contributed by atoms with Crippen LogP contribution in [0.5, 0.6) is 0 Å². The van der Waals surface area contributed by atoms with Crippen molar-refractivity contribution in [2.24, 2.45) is 5.92 Å². The van der Waals surface area contributed by atoms with E-state index in [1.807, 2.05) is 13.8 Å². The van der Waals surface area contributed by atoms with Gasteiger partial charge in [-0.2, -0.15) is 0 Å². The van der Waals surface area contributed by atoms with E-state index < -0.39 is 0 Å². The van der Waals surface area contributed by atoms with Crippen LogP contribution in [0.4, 0.5) is 15.2 Å². The van der Waals surface area contributed by atoms with E-state index in [-0.39, 0.29) is 22.9 Å². The Hall–Kier alpha value is -1.71. The second-order valence-corrected chi connectivity index (χ2v) is 7.94. The van der Waals surface area contributed by atoms with Crippen molar-refractivity contribution in [1.29, 1.82) is 0 Å². The van der Waals surface area contributed by atoms with Crippen LogP contribution in [-0.2, 0) is 9.53 Å². The maximum Gasteiger partial charge on any atom is 0.238 e. The number of carbonyl (C=O) groups excluding carboxylic acids is 1. The number of nitrogens with zero attached hydrogens (tertiary/aromatic N) is 2. The molecule has 2 aromatic rings. The monoisotopic (exact) mass is 384 g/mol. The molecule has 0 bridgehead atoms. The molecule has 0 radical (unpaired) electrons. The summed E-state index contributed by atoms with van der Waals surface area (Å²) in [6.07, 6.45) is 0. The average Bonchev–Trinajstić information content (AvgIpc) is 3.02. The zero-order valence-corrected chi connectivity index (χ0v) is 15.9. The van der Waals surface area contributed by atoms with Crippen molar-refractivity contribution in [3.8, 4) is 0 Å². The number of anilines is 2. The third kappa shape index (κ3) is 6.26. The predicted molar refractivity (Wildman–Crippen MR) is 99.8 cm³/mol. The van der Waals surface area contributed by atoms with Crippen molar-refractivity contribution in [2.45, 2.75) is 23.4 Å². The Morgan fingerprint density at radius 3 is 2.68 bits per heavy atom. The summed E-state index contributed by atoms with van der Waals surface area (Å²) in [7, 11) is 1.63. The summed E-state index contributed by atoms with van der Waals surface area (Å²) < 4.78 is 18.7. The lowest BCUT2D eigenvalue weighted by atomic mass is 10.1. The lowest BCUT2D eigenvalue weighted by Gasteiger charge is -2.18. The zero-order valence-electron chi connectivity index (χ0n) is 14.3. The fourth-order valence-electron chi connectivity index (χ4n) is 1.94. The van der Waals surface area contributed by atoms with Gasteiger partial charge in [0.2, 0.25) is 11.0 Å². The molecule has 9 heteroatoms. The first-order valence-corrected chi connectivity index (χ1v) is 9.48. The molecule has 1 aromatic heterocycles. The summed E-state index contributed by atoms with van der Waals surface area (Å²) in [5, 5.41) is 14.5. The van der Waals surface area contributed by atoms with Crippen LogP contribution < -0.4 is 10.6 Å². The number of halogens is 1. The number of nitrogens with one attached hydrogen (secondary N) is 2. The molecule has 25 heavy (non-hydrogen) atoms. The van der Waals surface area contributed by atoms with E-state index in [2.05, 4.69) is 20.8 Å². The number of aromatic nitrogens is 2. The summed E-state index contributed by atoms with van der Waals surface area (Å²) in [6.45, 7) is 5.17. The molecule has 0 saturated carbocycles. The highest BCUT2D eigenvalue weighted by molar-refractivity contribution is 8.02. The van der Waals surface area contributed by atoms with Gasteiger partial charge < -0.3 is 15.4 Å². The topological polar surface area (TPSA) is 76.1 Å². The summed E-state index contributed by atoms with van der Waals surface area (Å²) in [6, 6.07) is 5.71. The number of benzene rings is 1. The smallest absolute Gasteiger partial charge is 0.238 e. The maximum absolute atomic E-state index is 13.0. The molecule has 1 aromatic carbocycles. The van der Waals surface area contributed by atoms with E-state index in [0.717, 1.165) is 0 Å². The minimum atomic E-state index is -0.338. The van der Waals surface area contributed by atoms with Crippen LogP contribution in [0.1, 0.15) is 13.8 Å². The Labute approximate surface area is 154 Å². The van der Waals surface area contributed by atoms with Crippen LogP contribution in [0.3, 0.4) is 0 Å². The summed E-state index contributed by atoms with van der Waals surface area (Å²) in [5.74, 6) is -0.384. The quantitative estimate of drug-likeness (QED) is 0.509. The lowest BCUT2D eigenvalue weighted by molar-refractivity contribution is -0.116. The van der Waals surface area contributed by atoms with Crippen molar-refractivity contribution in [2.75, 3.05) is 30.9 Å². The maximum atomic E-state index is 13.0. The Balaban J connectivity index is 1.97. The highest BCUT2D eigenvalue weighted by atomic mass is 32.2. The van der Waals surface area contributed by atoms with Gasteiger partial charge in [-0.05, 0) is 30.2 Å². The molecule has 1 atom stereocenters. The van der Waals surface area contributed by atoms with Gasteiger partial charge in [-0.1, -0.05) is 36.9 Å². The number of thioether (sulfide) groups is 1. The van der Waals surface area contributed by atoms with Crippen LogP contribution in [-0.4, -0.2) is 41.6 Å². The predicted octanol–water partition coefficient (Wildman–Crippen LogP) is 3.49. The highest BCUT2D eigenvalue weighted by Crippen LogP contribution is 2.32. The fourth-order valence-corrected chi connectivity index (χ4v) is 3.92. The molecule has 0 aliphatic heterocycles. The van der Waals surface area contributed by atoms with Gasteiger partial charge in [0.05, 0.1) is 11.9 Å². The van der Waals surface area contributed by atoms with Crippen LogP contribution in [0.15, 0.2) is 28.6 Å². The van der Waals surface area contributed by atoms with Gasteiger partial charge in [-0.25, -0.2) is 4.39 Å². The van der Waals surface area contributed by atoms with Gasteiger partial charge in [0.25, 0.3) is 0 Å². The molecule has 2 rings (SSSR count). The molecule has 1 heterocycles. The average molecular weight is 385 g/mol. The van der Waals surface area contributed by atoms with Crippen LogP contribution in [0.25, 0.3) is 0 Å².